The molecular formula is C9H17N3O4. The minimum Gasteiger partial charge on any atom is -0.394 e. The molecule has 4 N–H and O–H groups in total. The van der Waals surface area contributed by atoms with Crippen LogP contribution in [0.1, 0.15) is 0 Å². The summed E-state index contributed by atoms with van der Waals surface area (Å²) in [5, 5.41) is 11.4. The molecule has 2 amide bonds. The summed E-state index contributed by atoms with van der Waals surface area (Å²) < 4.78 is 5.11. The Balaban J connectivity index is 2.53. The number of morpholine rings is 1. The summed E-state index contributed by atoms with van der Waals surface area (Å²) in [6.07, 6.45) is 0. The molecule has 0 aliphatic carbocycles. The van der Waals surface area contributed by atoms with Crippen LogP contribution in [0.25, 0.3) is 0 Å². The number of rotatable bonds is 3. The summed E-state index contributed by atoms with van der Waals surface area (Å²) in [6.45, 7) is 1.29. The highest BCUT2D eigenvalue weighted by Gasteiger charge is 2.30. The smallest absolute Gasteiger partial charge is 0.312 e. The first-order chi connectivity index (χ1) is 7.70. The van der Waals surface area contributed by atoms with Gasteiger partial charge >= 0.3 is 11.8 Å². The van der Waals surface area contributed by atoms with E-state index in [1.54, 1.807) is 0 Å². The Morgan fingerprint density at radius 2 is 2.31 bits per heavy atom. The van der Waals surface area contributed by atoms with Gasteiger partial charge in [0.15, 0.2) is 0 Å². The lowest BCUT2D eigenvalue weighted by Gasteiger charge is -2.33. The van der Waals surface area contributed by atoms with Gasteiger partial charge in [0.25, 0.3) is 0 Å². The van der Waals surface area contributed by atoms with Crippen LogP contribution < -0.4 is 11.1 Å². The van der Waals surface area contributed by atoms with Gasteiger partial charge in [0, 0.05) is 19.6 Å². The molecule has 1 rings (SSSR count). The molecule has 1 fully saturated rings. The number of carbonyl (C=O) groups excluding carboxylic acids is 2. The standard InChI is InChI=1S/C9H17N3O4/c10-1-2-11-8(14)9(15)12-3-4-16-6-7(12)5-13/h7,13H,1-6,10H2,(H,11,14). The molecule has 1 heterocycles. The molecule has 0 aromatic carbocycles. The second kappa shape index (κ2) is 6.41. The zero-order valence-electron chi connectivity index (χ0n) is 9.02. The normalized spacial score (nSPS) is 20.6. The van der Waals surface area contributed by atoms with Crippen LogP contribution in [0, 0.1) is 0 Å². The largest absolute Gasteiger partial charge is 0.394 e. The summed E-state index contributed by atoms with van der Waals surface area (Å²) in [4.78, 5) is 24.4. The van der Waals surface area contributed by atoms with Gasteiger partial charge in [-0.25, -0.2) is 0 Å². The lowest BCUT2D eigenvalue weighted by atomic mass is 10.2. The fourth-order valence-electron chi connectivity index (χ4n) is 1.47. The molecule has 0 saturated carbocycles. The summed E-state index contributed by atoms with van der Waals surface area (Å²) in [5.74, 6) is -1.33. The van der Waals surface area contributed by atoms with E-state index in [0.29, 0.717) is 13.2 Å². The molecule has 16 heavy (non-hydrogen) atoms. The van der Waals surface area contributed by atoms with Crippen molar-refractivity contribution in [2.45, 2.75) is 6.04 Å². The number of amides is 2. The maximum Gasteiger partial charge on any atom is 0.312 e. The third-order valence-corrected chi connectivity index (χ3v) is 2.32. The molecule has 1 aliphatic rings. The Morgan fingerprint density at radius 1 is 1.56 bits per heavy atom. The number of hydrogen-bond acceptors (Lipinski definition) is 5. The molecule has 7 nitrogen and oxygen atoms in total. The fraction of sp³-hybridized carbons (Fsp3) is 0.778. The van der Waals surface area contributed by atoms with Gasteiger partial charge in [0.1, 0.15) is 0 Å². The average Bonchev–Trinajstić information content (AvgIpc) is 2.34. The van der Waals surface area contributed by atoms with Crippen molar-refractivity contribution in [3.05, 3.63) is 0 Å². The van der Waals surface area contributed by atoms with Crippen molar-refractivity contribution in [3.8, 4) is 0 Å². The molecular weight excluding hydrogens is 214 g/mol. The lowest BCUT2D eigenvalue weighted by Crippen LogP contribution is -2.55. The van der Waals surface area contributed by atoms with Crippen LogP contribution in [0.4, 0.5) is 0 Å². The van der Waals surface area contributed by atoms with Gasteiger partial charge in [-0.1, -0.05) is 0 Å². The van der Waals surface area contributed by atoms with Gasteiger partial charge in [0.05, 0.1) is 25.9 Å². The SMILES string of the molecule is NCCNC(=O)C(=O)N1CCOCC1CO. The third kappa shape index (κ3) is 3.16. The molecule has 1 saturated heterocycles. The van der Waals surface area contributed by atoms with Crippen LogP contribution in [0.15, 0.2) is 0 Å². The van der Waals surface area contributed by atoms with E-state index in [0.717, 1.165) is 0 Å². The van der Waals surface area contributed by atoms with Crippen molar-refractivity contribution in [3.63, 3.8) is 0 Å². The minimum absolute atomic E-state index is 0.212. The van der Waals surface area contributed by atoms with E-state index in [2.05, 4.69) is 5.32 Å². The summed E-state index contributed by atoms with van der Waals surface area (Å²) >= 11 is 0. The number of nitrogens with two attached hydrogens (primary N) is 1. The van der Waals surface area contributed by atoms with Crippen LogP contribution in [0.5, 0.6) is 0 Å². The maximum atomic E-state index is 11.7. The van der Waals surface area contributed by atoms with Gasteiger partial charge in [-0.2, -0.15) is 0 Å². The zero-order valence-corrected chi connectivity index (χ0v) is 9.02. The quantitative estimate of drug-likeness (QED) is 0.458. The van der Waals surface area contributed by atoms with E-state index < -0.39 is 17.9 Å². The van der Waals surface area contributed by atoms with Gasteiger partial charge in [-0.05, 0) is 0 Å². The number of nitrogens with one attached hydrogen (secondary N) is 1. The van der Waals surface area contributed by atoms with Crippen LogP contribution in [0.2, 0.25) is 0 Å². The molecule has 0 aromatic rings. The molecule has 0 radical (unpaired) electrons. The average molecular weight is 231 g/mol. The Bertz CT molecular complexity index is 259. The van der Waals surface area contributed by atoms with Crippen molar-refractivity contribution >= 4 is 11.8 Å². The van der Waals surface area contributed by atoms with Gasteiger partial charge in [-0.15, -0.1) is 0 Å². The Morgan fingerprint density at radius 3 is 2.94 bits per heavy atom. The van der Waals surface area contributed by atoms with Crippen molar-refractivity contribution in [2.75, 3.05) is 39.5 Å². The van der Waals surface area contributed by atoms with Crippen molar-refractivity contribution < 1.29 is 19.4 Å². The molecule has 0 bridgehead atoms. The number of aliphatic hydroxyl groups is 1. The minimum atomic E-state index is -0.689. The van der Waals surface area contributed by atoms with Crippen molar-refractivity contribution in [1.82, 2.24) is 10.2 Å². The van der Waals surface area contributed by atoms with Crippen LogP contribution in [-0.4, -0.2) is 67.3 Å². The van der Waals surface area contributed by atoms with E-state index in [1.165, 1.54) is 4.90 Å². The van der Waals surface area contributed by atoms with Crippen molar-refractivity contribution in [1.29, 1.82) is 0 Å². The van der Waals surface area contributed by atoms with Crippen LogP contribution in [0.3, 0.4) is 0 Å². The highest BCUT2D eigenvalue weighted by Crippen LogP contribution is 2.06. The zero-order chi connectivity index (χ0) is 12.0. The summed E-state index contributed by atoms with van der Waals surface area (Å²) in [6, 6.07) is -0.440. The molecule has 92 valence electrons. The molecule has 7 heteroatoms. The summed E-state index contributed by atoms with van der Waals surface area (Å²) in [5.41, 5.74) is 5.21. The second-order valence-electron chi connectivity index (χ2n) is 3.45. The van der Waals surface area contributed by atoms with E-state index in [9.17, 15) is 9.59 Å². The molecule has 1 aliphatic heterocycles. The number of ether oxygens (including phenoxy) is 1. The van der Waals surface area contributed by atoms with Gasteiger partial charge in [0.2, 0.25) is 0 Å². The van der Waals surface area contributed by atoms with Gasteiger partial charge < -0.3 is 25.8 Å². The number of carbonyl (C=O) groups is 2. The lowest BCUT2D eigenvalue weighted by molar-refractivity contribution is -0.152. The predicted octanol–water partition coefficient (Wildman–Crippen LogP) is -2.72. The maximum absolute atomic E-state index is 11.7. The predicted molar refractivity (Wildman–Crippen MR) is 55.5 cm³/mol. The van der Waals surface area contributed by atoms with E-state index in [1.807, 2.05) is 0 Å². The number of aliphatic hydroxyl groups excluding tert-OH is 1. The number of hydrogen-bond donors (Lipinski definition) is 3. The van der Waals surface area contributed by atoms with Gasteiger partial charge in [-0.3, -0.25) is 9.59 Å². The van der Waals surface area contributed by atoms with Crippen molar-refractivity contribution in [2.24, 2.45) is 5.73 Å². The third-order valence-electron chi connectivity index (χ3n) is 2.32. The first-order valence-electron chi connectivity index (χ1n) is 5.18. The first kappa shape index (κ1) is 12.9. The van der Waals surface area contributed by atoms with E-state index in [4.69, 9.17) is 15.6 Å². The number of nitrogens with zero attached hydrogens (tertiary/aromatic N) is 1. The molecule has 1 atom stereocenters. The second-order valence-corrected chi connectivity index (χ2v) is 3.45. The van der Waals surface area contributed by atoms with E-state index in [-0.39, 0.29) is 26.3 Å². The molecule has 1 unspecified atom stereocenters. The highest BCUT2D eigenvalue weighted by atomic mass is 16.5. The molecule has 0 spiro atoms. The van der Waals surface area contributed by atoms with Crippen LogP contribution >= 0.6 is 0 Å². The Hall–Kier alpha value is -1.18. The summed E-state index contributed by atoms with van der Waals surface area (Å²) in [7, 11) is 0. The van der Waals surface area contributed by atoms with E-state index >= 15 is 0 Å². The Kier molecular flexibility index (Phi) is 5.17. The fourth-order valence-corrected chi connectivity index (χ4v) is 1.47. The first-order valence-corrected chi connectivity index (χ1v) is 5.18. The van der Waals surface area contributed by atoms with Crippen LogP contribution in [-0.2, 0) is 14.3 Å². The Labute approximate surface area is 93.5 Å². The topological polar surface area (TPSA) is 105 Å². The monoisotopic (exact) mass is 231 g/mol. The highest BCUT2D eigenvalue weighted by molar-refractivity contribution is 6.35. The molecule has 0 aromatic heterocycles.